The fourth-order valence-corrected chi connectivity index (χ4v) is 6.09. The number of aliphatic hydroxyl groups is 1. The van der Waals surface area contributed by atoms with Gasteiger partial charge in [0.05, 0.1) is 31.2 Å². The first-order chi connectivity index (χ1) is 13.7. The summed E-state index contributed by atoms with van der Waals surface area (Å²) in [5.41, 5.74) is 1.50. The monoisotopic (exact) mass is 402 g/mol. The van der Waals surface area contributed by atoms with Gasteiger partial charge in [-0.2, -0.15) is 0 Å². The molecule has 152 valence electrons. The Kier molecular flexibility index (Phi) is 5.26. The predicted molar refractivity (Wildman–Crippen MR) is 112 cm³/mol. The molecular formula is C21H30N4O2S. The van der Waals surface area contributed by atoms with Crippen LogP contribution in [0.3, 0.4) is 0 Å². The number of thiophene rings is 1. The minimum atomic E-state index is -0.102. The van der Waals surface area contributed by atoms with E-state index in [-0.39, 0.29) is 6.10 Å². The van der Waals surface area contributed by atoms with Gasteiger partial charge in [0, 0.05) is 31.6 Å². The molecule has 2 fully saturated rings. The topological polar surface area (TPSA) is 61.7 Å². The van der Waals surface area contributed by atoms with E-state index in [0.717, 1.165) is 70.3 Å². The van der Waals surface area contributed by atoms with Gasteiger partial charge in [-0.15, -0.1) is 11.3 Å². The highest BCUT2D eigenvalue weighted by Crippen LogP contribution is 2.40. The minimum Gasteiger partial charge on any atom is -0.393 e. The summed E-state index contributed by atoms with van der Waals surface area (Å²) in [7, 11) is 2.16. The van der Waals surface area contributed by atoms with Crippen molar-refractivity contribution < 1.29 is 9.84 Å². The molecule has 0 radical (unpaired) electrons. The average molecular weight is 403 g/mol. The maximum Gasteiger partial charge on any atom is 0.146 e. The normalized spacial score (nSPS) is 25.5. The highest BCUT2D eigenvalue weighted by molar-refractivity contribution is 7.19. The molecule has 0 unspecified atom stereocenters. The summed E-state index contributed by atoms with van der Waals surface area (Å²) in [6.07, 6.45) is 6.64. The number of rotatable bonds is 5. The van der Waals surface area contributed by atoms with Crippen LogP contribution < -0.4 is 4.90 Å². The molecule has 0 amide bonds. The van der Waals surface area contributed by atoms with Gasteiger partial charge in [0.1, 0.15) is 16.5 Å². The second-order valence-corrected chi connectivity index (χ2v) is 9.70. The lowest BCUT2D eigenvalue weighted by atomic mass is 9.82. The van der Waals surface area contributed by atoms with Gasteiger partial charge < -0.3 is 14.7 Å². The zero-order valence-electron chi connectivity index (χ0n) is 16.7. The third-order valence-electron chi connectivity index (χ3n) is 6.42. The van der Waals surface area contributed by atoms with Crippen LogP contribution in [0.5, 0.6) is 0 Å². The van der Waals surface area contributed by atoms with E-state index in [9.17, 15) is 5.11 Å². The van der Waals surface area contributed by atoms with Gasteiger partial charge in [-0.1, -0.05) is 0 Å². The van der Waals surface area contributed by atoms with Crippen LogP contribution in [0.4, 0.5) is 5.82 Å². The molecule has 0 bridgehead atoms. The second kappa shape index (κ2) is 7.86. The predicted octanol–water partition coefficient (Wildman–Crippen LogP) is 2.61. The van der Waals surface area contributed by atoms with Crippen molar-refractivity contribution in [2.24, 2.45) is 5.92 Å². The number of hydrogen-bond acceptors (Lipinski definition) is 7. The molecule has 6 nitrogen and oxygen atoms in total. The molecule has 1 aliphatic heterocycles. The fraction of sp³-hybridized carbons (Fsp3) is 0.714. The van der Waals surface area contributed by atoms with Gasteiger partial charge in [0.2, 0.25) is 0 Å². The standard InChI is InChI=1S/C21H30N4O2S/c1-24(12-14-10-15(26)11-14)20-19-16-4-2-3-5-17(16)28-21(19)23-18(22-20)13-25-6-8-27-9-7-25/h14-15,26H,2-13H2,1H3. The molecule has 2 aromatic heterocycles. The Hall–Kier alpha value is -1.28. The van der Waals surface area contributed by atoms with Crippen molar-refractivity contribution >= 4 is 27.4 Å². The molecule has 3 heterocycles. The van der Waals surface area contributed by atoms with Crippen LogP contribution >= 0.6 is 11.3 Å². The van der Waals surface area contributed by atoms with Crippen LogP contribution in [0.1, 0.15) is 41.9 Å². The molecule has 2 aliphatic carbocycles. The summed E-state index contributed by atoms with van der Waals surface area (Å²) in [4.78, 5) is 17.5. The quantitative estimate of drug-likeness (QED) is 0.830. The summed E-state index contributed by atoms with van der Waals surface area (Å²) in [6.45, 7) is 5.26. The van der Waals surface area contributed by atoms with Crippen molar-refractivity contribution in [3.05, 3.63) is 16.3 Å². The Morgan fingerprint density at radius 3 is 2.75 bits per heavy atom. The van der Waals surface area contributed by atoms with E-state index >= 15 is 0 Å². The van der Waals surface area contributed by atoms with Crippen LogP contribution in [0.15, 0.2) is 0 Å². The molecule has 1 N–H and O–H groups in total. The number of aromatic nitrogens is 2. The van der Waals surface area contributed by atoms with Crippen molar-refractivity contribution in [2.75, 3.05) is 44.8 Å². The zero-order valence-corrected chi connectivity index (χ0v) is 17.5. The van der Waals surface area contributed by atoms with Crippen molar-refractivity contribution in [3.63, 3.8) is 0 Å². The molecule has 0 atom stereocenters. The maximum absolute atomic E-state index is 9.67. The lowest BCUT2D eigenvalue weighted by Gasteiger charge is -2.35. The Labute approximate surface area is 170 Å². The first-order valence-corrected chi connectivity index (χ1v) is 11.5. The van der Waals surface area contributed by atoms with Crippen molar-refractivity contribution in [1.82, 2.24) is 14.9 Å². The molecule has 5 rings (SSSR count). The number of morpholine rings is 1. The Bertz CT molecular complexity index is 843. The number of fused-ring (bicyclic) bond motifs is 3. The third kappa shape index (κ3) is 3.65. The minimum absolute atomic E-state index is 0.102. The molecule has 2 aromatic rings. The summed E-state index contributed by atoms with van der Waals surface area (Å²) < 4.78 is 5.49. The number of aryl methyl sites for hydroxylation is 2. The van der Waals surface area contributed by atoms with Crippen LogP contribution in [-0.2, 0) is 24.1 Å². The third-order valence-corrected chi connectivity index (χ3v) is 7.60. The molecule has 1 saturated heterocycles. The number of hydrogen-bond donors (Lipinski definition) is 1. The lowest BCUT2D eigenvalue weighted by Crippen LogP contribution is -2.38. The van der Waals surface area contributed by atoms with E-state index in [4.69, 9.17) is 14.7 Å². The Balaban J connectivity index is 1.49. The van der Waals surface area contributed by atoms with Crippen molar-refractivity contribution in [1.29, 1.82) is 0 Å². The van der Waals surface area contributed by atoms with E-state index in [2.05, 4.69) is 16.8 Å². The van der Waals surface area contributed by atoms with E-state index in [1.807, 2.05) is 11.3 Å². The van der Waals surface area contributed by atoms with E-state index in [0.29, 0.717) is 5.92 Å². The first kappa shape index (κ1) is 18.7. The highest BCUT2D eigenvalue weighted by Gasteiger charge is 2.30. The maximum atomic E-state index is 9.67. The highest BCUT2D eigenvalue weighted by atomic mass is 32.1. The van der Waals surface area contributed by atoms with Gasteiger partial charge in [0.25, 0.3) is 0 Å². The van der Waals surface area contributed by atoms with E-state index in [1.54, 1.807) is 0 Å². The Morgan fingerprint density at radius 2 is 1.96 bits per heavy atom. The smallest absolute Gasteiger partial charge is 0.146 e. The summed E-state index contributed by atoms with van der Waals surface area (Å²) >= 11 is 1.89. The van der Waals surface area contributed by atoms with Gasteiger partial charge in [-0.3, -0.25) is 4.90 Å². The van der Waals surface area contributed by atoms with Crippen LogP contribution in [-0.4, -0.2) is 66.0 Å². The van der Waals surface area contributed by atoms with Crippen LogP contribution in [0.25, 0.3) is 10.2 Å². The molecule has 0 aromatic carbocycles. The average Bonchev–Trinajstić information content (AvgIpc) is 3.05. The van der Waals surface area contributed by atoms with Crippen LogP contribution in [0, 0.1) is 5.92 Å². The van der Waals surface area contributed by atoms with Gasteiger partial charge >= 0.3 is 0 Å². The first-order valence-electron chi connectivity index (χ1n) is 10.7. The van der Waals surface area contributed by atoms with E-state index < -0.39 is 0 Å². The van der Waals surface area contributed by atoms with Gasteiger partial charge in [-0.05, 0) is 50.0 Å². The van der Waals surface area contributed by atoms with Gasteiger partial charge in [0.15, 0.2) is 0 Å². The van der Waals surface area contributed by atoms with Crippen LogP contribution in [0.2, 0.25) is 0 Å². The summed E-state index contributed by atoms with van der Waals surface area (Å²) in [5, 5.41) is 11.0. The molecule has 28 heavy (non-hydrogen) atoms. The molecule has 7 heteroatoms. The number of anilines is 1. The van der Waals surface area contributed by atoms with E-state index in [1.165, 1.54) is 39.9 Å². The molecule has 1 saturated carbocycles. The Morgan fingerprint density at radius 1 is 1.18 bits per heavy atom. The zero-order chi connectivity index (χ0) is 19.1. The summed E-state index contributed by atoms with van der Waals surface area (Å²) in [5.74, 6) is 2.61. The summed E-state index contributed by atoms with van der Waals surface area (Å²) in [6, 6.07) is 0. The van der Waals surface area contributed by atoms with Crippen molar-refractivity contribution in [2.45, 2.75) is 51.2 Å². The molecule has 3 aliphatic rings. The largest absolute Gasteiger partial charge is 0.393 e. The lowest BCUT2D eigenvalue weighted by molar-refractivity contribution is 0.0331. The number of aliphatic hydroxyl groups excluding tert-OH is 1. The fourth-order valence-electron chi connectivity index (χ4n) is 4.81. The molecular weight excluding hydrogens is 372 g/mol. The number of nitrogens with zero attached hydrogens (tertiary/aromatic N) is 4. The molecule has 0 spiro atoms. The van der Waals surface area contributed by atoms with Gasteiger partial charge in [-0.25, -0.2) is 9.97 Å². The second-order valence-electron chi connectivity index (χ2n) is 8.61. The number of ether oxygens (including phenoxy) is 1. The SMILES string of the molecule is CN(CC1CC(O)C1)c1nc(CN2CCOCC2)nc2sc3c(c12)CCCC3. The van der Waals surface area contributed by atoms with Crippen molar-refractivity contribution in [3.8, 4) is 0 Å².